The fourth-order valence-electron chi connectivity index (χ4n) is 3.33. The van der Waals surface area contributed by atoms with Gasteiger partial charge in [0.1, 0.15) is 6.10 Å². The highest BCUT2D eigenvalue weighted by Gasteiger charge is 2.27. The number of carbonyl (C=O) groups excluding carboxylic acids is 1. The average molecular weight is 380 g/mol. The molecule has 6 nitrogen and oxygen atoms in total. The Bertz CT molecular complexity index is 958. The van der Waals surface area contributed by atoms with Crippen LogP contribution in [0.25, 0.3) is 10.4 Å². The molecule has 1 aliphatic heterocycles. The molecule has 1 fully saturated rings. The van der Waals surface area contributed by atoms with Crippen LogP contribution < -0.4 is 16.4 Å². The molecule has 0 spiro atoms. The van der Waals surface area contributed by atoms with Gasteiger partial charge in [-0.1, -0.05) is 12.1 Å². The van der Waals surface area contributed by atoms with Crippen LogP contribution in [-0.2, 0) is 4.74 Å². The lowest BCUT2D eigenvalue weighted by molar-refractivity contribution is 0.0363. The molecular formula is C20H20N4O2S. The maximum Gasteiger partial charge on any atom is 0.250 e. The number of nitrogen functional groups attached to an aromatic ring is 1. The summed E-state index contributed by atoms with van der Waals surface area (Å²) in [6.45, 7) is 1.78. The molecule has 7 heteroatoms. The van der Waals surface area contributed by atoms with E-state index < -0.39 is 5.91 Å². The van der Waals surface area contributed by atoms with Gasteiger partial charge in [-0.25, -0.2) is 0 Å². The molecule has 2 aromatic heterocycles. The van der Waals surface area contributed by atoms with Gasteiger partial charge in [0.15, 0.2) is 0 Å². The SMILES string of the molecule is NC(=O)c1cccnc1C1CN(c2cc(-c3cccs3)ccc2N)CCO1. The summed E-state index contributed by atoms with van der Waals surface area (Å²) in [7, 11) is 0. The van der Waals surface area contributed by atoms with Crippen LogP contribution in [0.1, 0.15) is 22.2 Å². The maximum absolute atomic E-state index is 11.7. The highest BCUT2D eigenvalue weighted by Crippen LogP contribution is 2.34. The number of rotatable bonds is 4. The van der Waals surface area contributed by atoms with E-state index in [1.54, 1.807) is 29.7 Å². The number of hydrogen-bond acceptors (Lipinski definition) is 6. The second kappa shape index (κ2) is 7.38. The van der Waals surface area contributed by atoms with Crippen molar-refractivity contribution >= 4 is 28.6 Å². The molecule has 1 saturated heterocycles. The van der Waals surface area contributed by atoms with E-state index in [0.29, 0.717) is 36.6 Å². The first-order chi connectivity index (χ1) is 13.1. The van der Waals surface area contributed by atoms with E-state index in [-0.39, 0.29) is 6.10 Å². The normalized spacial score (nSPS) is 17.0. The Balaban J connectivity index is 1.64. The summed E-state index contributed by atoms with van der Waals surface area (Å²) < 4.78 is 5.90. The Morgan fingerprint density at radius 2 is 2.15 bits per heavy atom. The molecule has 27 heavy (non-hydrogen) atoms. The van der Waals surface area contributed by atoms with Crippen molar-refractivity contribution in [1.82, 2.24) is 4.98 Å². The highest BCUT2D eigenvalue weighted by atomic mass is 32.1. The number of primary amides is 1. The van der Waals surface area contributed by atoms with E-state index in [9.17, 15) is 4.79 Å². The number of morpholine rings is 1. The smallest absolute Gasteiger partial charge is 0.250 e. The van der Waals surface area contributed by atoms with Gasteiger partial charge in [-0.15, -0.1) is 11.3 Å². The molecule has 3 heterocycles. The zero-order valence-electron chi connectivity index (χ0n) is 14.7. The van der Waals surface area contributed by atoms with Crippen molar-refractivity contribution < 1.29 is 9.53 Å². The van der Waals surface area contributed by atoms with Crippen LogP contribution >= 0.6 is 11.3 Å². The zero-order chi connectivity index (χ0) is 18.8. The first-order valence-corrected chi connectivity index (χ1v) is 9.56. The van der Waals surface area contributed by atoms with Crippen LogP contribution in [0.15, 0.2) is 54.0 Å². The topological polar surface area (TPSA) is 94.5 Å². The third kappa shape index (κ3) is 3.51. The number of aromatic nitrogens is 1. The van der Waals surface area contributed by atoms with Gasteiger partial charge in [-0.05, 0) is 41.3 Å². The Hall–Kier alpha value is -2.90. The second-order valence-electron chi connectivity index (χ2n) is 6.36. The lowest BCUT2D eigenvalue weighted by atomic mass is 10.1. The number of benzene rings is 1. The molecule has 4 rings (SSSR count). The van der Waals surface area contributed by atoms with E-state index in [0.717, 1.165) is 11.3 Å². The summed E-state index contributed by atoms with van der Waals surface area (Å²) >= 11 is 1.69. The van der Waals surface area contributed by atoms with Gasteiger partial charge in [0, 0.05) is 17.6 Å². The molecule has 4 N–H and O–H groups in total. The predicted molar refractivity (Wildman–Crippen MR) is 108 cm³/mol. The van der Waals surface area contributed by atoms with Crippen molar-refractivity contribution in [1.29, 1.82) is 0 Å². The summed E-state index contributed by atoms with van der Waals surface area (Å²) in [4.78, 5) is 19.5. The minimum atomic E-state index is -0.502. The van der Waals surface area contributed by atoms with Gasteiger partial charge >= 0.3 is 0 Å². The number of hydrogen-bond donors (Lipinski definition) is 2. The molecule has 138 valence electrons. The van der Waals surface area contributed by atoms with Crippen LogP contribution in [0.3, 0.4) is 0 Å². The molecule has 0 aliphatic carbocycles. The van der Waals surface area contributed by atoms with Crippen LogP contribution in [0.4, 0.5) is 11.4 Å². The lowest BCUT2D eigenvalue weighted by Crippen LogP contribution is -2.39. The molecule has 1 amide bonds. The fraction of sp³-hybridized carbons (Fsp3) is 0.200. The van der Waals surface area contributed by atoms with Crippen molar-refractivity contribution in [2.75, 3.05) is 30.3 Å². The standard InChI is InChI=1S/C20H20N4O2S/c21-15-6-5-13(18-4-2-10-27-18)11-16(15)24-8-9-26-17(12-24)19-14(20(22)25)3-1-7-23-19/h1-7,10-11,17H,8-9,12,21H2,(H2,22,25). The second-order valence-corrected chi connectivity index (χ2v) is 7.30. The summed E-state index contributed by atoms with van der Waals surface area (Å²) in [6.07, 6.45) is 1.31. The quantitative estimate of drug-likeness (QED) is 0.679. The molecule has 1 unspecified atom stereocenters. The number of nitrogens with zero attached hydrogens (tertiary/aromatic N) is 2. The Morgan fingerprint density at radius 3 is 2.93 bits per heavy atom. The third-order valence-electron chi connectivity index (χ3n) is 4.65. The van der Waals surface area contributed by atoms with E-state index in [4.69, 9.17) is 16.2 Å². The van der Waals surface area contributed by atoms with E-state index in [1.807, 2.05) is 18.2 Å². The molecule has 1 aliphatic rings. The van der Waals surface area contributed by atoms with Crippen molar-refractivity contribution in [2.24, 2.45) is 5.73 Å². The van der Waals surface area contributed by atoms with Crippen molar-refractivity contribution in [3.05, 3.63) is 65.3 Å². The zero-order valence-corrected chi connectivity index (χ0v) is 15.5. The molecule has 3 aromatic rings. The number of pyridine rings is 1. The van der Waals surface area contributed by atoms with Gasteiger partial charge < -0.3 is 21.1 Å². The summed E-state index contributed by atoms with van der Waals surface area (Å²) in [5.41, 5.74) is 15.5. The largest absolute Gasteiger partial charge is 0.397 e. The van der Waals surface area contributed by atoms with E-state index >= 15 is 0 Å². The number of amides is 1. The van der Waals surface area contributed by atoms with Gasteiger partial charge in [0.25, 0.3) is 5.91 Å². The maximum atomic E-state index is 11.7. The van der Waals surface area contributed by atoms with E-state index in [1.165, 1.54) is 4.88 Å². The molecular weight excluding hydrogens is 360 g/mol. The number of carbonyl (C=O) groups is 1. The number of anilines is 2. The van der Waals surface area contributed by atoms with Crippen molar-refractivity contribution in [2.45, 2.75) is 6.10 Å². The van der Waals surface area contributed by atoms with Crippen LogP contribution in [0.2, 0.25) is 0 Å². The monoisotopic (exact) mass is 380 g/mol. The van der Waals surface area contributed by atoms with Gasteiger partial charge in [0.2, 0.25) is 0 Å². The molecule has 0 radical (unpaired) electrons. The van der Waals surface area contributed by atoms with Crippen molar-refractivity contribution in [3.63, 3.8) is 0 Å². The third-order valence-corrected chi connectivity index (χ3v) is 5.57. The van der Waals surface area contributed by atoms with Gasteiger partial charge in [-0.3, -0.25) is 9.78 Å². The Morgan fingerprint density at radius 1 is 1.26 bits per heavy atom. The number of thiophene rings is 1. The lowest BCUT2D eigenvalue weighted by Gasteiger charge is -2.35. The molecule has 0 saturated carbocycles. The van der Waals surface area contributed by atoms with Crippen molar-refractivity contribution in [3.8, 4) is 10.4 Å². The number of nitrogens with two attached hydrogens (primary N) is 2. The minimum absolute atomic E-state index is 0.341. The first kappa shape index (κ1) is 17.5. The minimum Gasteiger partial charge on any atom is -0.397 e. The van der Waals surface area contributed by atoms with Gasteiger partial charge in [-0.2, -0.15) is 0 Å². The predicted octanol–water partition coefficient (Wildman–Crippen LogP) is 3.07. The summed E-state index contributed by atoms with van der Waals surface area (Å²) in [6, 6.07) is 13.6. The highest BCUT2D eigenvalue weighted by molar-refractivity contribution is 7.13. The van der Waals surface area contributed by atoms with Crippen LogP contribution in [0, 0.1) is 0 Å². The van der Waals surface area contributed by atoms with Crippen LogP contribution in [0.5, 0.6) is 0 Å². The van der Waals surface area contributed by atoms with Crippen LogP contribution in [-0.4, -0.2) is 30.6 Å². The molecule has 1 aromatic carbocycles. The molecule has 0 bridgehead atoms. The summed E-state index contributed by atoms with van der Waals surface area (Å²) in [5, 5.41) is 2.06. The molecule has 1 atom stereocenters. The Labute approximate surface area is 161 Å². The van der Waals surface area contributed by atoms with Gasteiger partial charge in [0.05, 0.1) is 35.8 Å². The summed E-state index contributed by atoms with van der Waals surface area (Å²) in [5.74, 6) is -0.502. The first-order valence-electron chi connectivity index (χ1n) is 8.68. The number of ether oxygens (including phenoxy) is 1. The Kier molecular flexibility index (Phi) is 4.79. The van der Waals surface area contributed by atoms with E-state index in [2.05, 4.69) is 27.4 Å². The fourth-order valence-corrected chi connectivity index (χ4v) is 4.05. The average Bonchev–Trinajstić information content (AvgIpc) is 3.23.